The molecule has 1 aliphatic carbocycles. The second-order valence-electron chi connectivity index (χ2n) is 7.96. The van der Waals surface area contributed by atoms with Gasteiger partial charge in [0.25, 0.3) is 5.56 Å². The number of aromatic nitrogens is 2. The van der Waals surface area contributed by atoms with Gasteiger partial charge in [-0.1, -0.05) is 13.3 Å². The number of pyridine rings is 2. The second kappa shape index (κ2) is 6.93. The summed E-state index contributed by atoms with van der Waals surface area (Å²) in [6.07, 6.45) is 2.67. The molecule has 0 unspecified atom stereocenters. The molecule has 7 heteroatoms. The molecule has 30 heavy (non-hydrogen) atoms. The first-order valence-corrected chi connectivity index (χ1v) is 10.2. The quantitative estimate of drug-likeness (QED) is 0.512. The van der Waals surface area contributed by atoms with Crippen molar-refractivity contribution in [2.45, 2.75) is 52.2 Å². The average Bonchev–Trinajstić information content (AvgIpc) is 3.07. The van der Waals surface area contributed by atoms with Crippen molar-refractivity contribution in [2.75, 3.05) is 0 Å². The highest BCUT2D eigenvalue weighted by atomic mass is 19.1. The minimum absolute atomic E-state index is 0.242. The lowest BCUT2D eigenvalue weighted by atomic mass is 9.87. The lowest BCUT2D eigenvalue weighted by Gasteiger charge is -2.19. The predicted octanol–water partition coefficient (Wildman–Crippen LogP) is 4.20. The maximum Gasteiger partial charge on any atom is 0.506 e. The Morgan fingerprint density at radius 1 is 1.27 bits per heavy atom. The van der Waals surface area contributed by atoms with Crippen LogP contribution in [0.1, 0.15) is 47.6 Å². The number of benzene rings is 1. The Labute approximate surface area is 171 Å². The summed E-state index contributed by atoms with van der Waals surface area (Å²) in [6.45, 7) is 2.13. The molecule has 0 spiro atoms. The Morgan fingerprint density at radius 3 is 2.87 bits per heavy atom. The molecule has 1 N–H and O–H groups in total. The molecule has 3 heterocycles. The van der Waals surface area contributed by atoms with Crippen LogP contribution < -0.4 is 5.56 Å². The standard InChI is InChI=1S/C23H21FN2O4/c1-2-4-12-8-19-21-16(10-26(19)22(27)17(12)11-30-23(28)29)15-6-3-5-13-7-14(24)9-18(25-21)20(13)15/h7-9H,2-6,10-11H2,1H3,(H,28,29). The van der Waals surface area contributed by atoms with Gasteiger partial charge in [0.05, 0.1) is 29.0 Å². The van der Waals surface area contributed by atoms with Crippen LogP contribution in [-0.2, 0) is 37.2 Å². The van der Waals surface area contributed by atoms with Crippen molar-refractivity contribution in [3.63, 3.8) is 0 Å². The molecule has 2 aromatic heterocycles. The molecule has 0 atom stereocenters. The number of carboxylic acid groups (broad SMARTS) is 1. The van der Waals surface area contributed by atoms with Crippen molar-refractivity contribution in [1.29, 1.82) is 0 Å². The lowest BCUT2D eigenvalue weighted by Crippen LogP contribution is -2.26. The molecule has 0 amide bonds. The Hall–Kier alpha value is -3.22. The lowest BCUT2D eigenvalue weighted by molar-refractivity contribution is 0.0847. The minimum atomic E-state index is -1.41. The monoisotopic (exact) mass is 408 g/mol. The highest BCUT2D eigenvalue weighted by Gasteiger charge is 2.30. The van der Waals surface area contributed by atoms with Gasteiger partial charge in [-0.3, -0.25) is 4.79 Å². The Kier molecular flexibility index (Phi) is 4.34. The maximum absolute atomic E-state index is 14.2. The number of fused-ring (bicyclic) bond motifs is 4. The topological polar surface area (TPSA) is 81.4 Å². The largest absolute Gasteiger partial charge is 0.506 e. The summed E-state index contributed by atoms with van der Waals surface area (Å²) in [5.41, 5.74) is 6.14. The molecule has 154 valence electrons. The van der Waals surface area contributed by atoms with Crippen LogP contribution in [-0.4, -0.2) is 20.8 Å². The number of carbonyl (C=O) groups is 1. The summed E-state index contributed by atoms with van der Waals surface area (Å²) in [5.74, 6) is -0.291. The van der Waals surface area contributed by atoms with E-state index >= 15 is 0 Å². The van der Waals surface area contributed by atoms with Gasteiger partial charge in [0.15, 0.2) is 0 Å². The fourth-order valence-corrected chi connectivity index (χ4v) is 4.91. The van der Waals surface area contributed by atoms with Crippen LogP contribution in [0, 0.1) is 5.82 Å². The van der Waals surface area contributed by atoms with Crippen LogP contribution in [0.3, 0.4) is 0 Å². The Balaban J connectivity index is 1.74. The van der Waals surface area contributed by atoms with Crippen LogP contribution in [0.2, 0.25) is 0 Å². The first kappa shape index (κ1) is 18.8. The SMILES string of the molecule is CCCc1cc2n(c(=O)c1COC(=O)O)Cc1c-2nc2cc(F)cc3c2c1CCC3. The van der Waals surface area contributed by atoms with E-state index in [4.69, 9.17) is 14.8 Å². The molecule has 2 aliphatic rings. The van der Waals surface area contributed by atoms with E-state index in [-0.39, 0.29) is 18.0 Å². The number of hydrogen-bond acceptors (Lipinski definition) is 4. The third kappa shape index (κ3) is 2.80. The van der Waals surface area contributed by atoms with Gasteiger partial charge in [-0.25, -0.2) is 14.2 Å². The zero-order valence-corrected chi connectivity index (χ0v) is 16.6. The number of halogens is 1. The number of hydrogen-bond donors (Lipinski definition) is 1. The van der Waals surface area contributed by atoms with E-state index in [9.17, 15) is 14.0 Å². The summed E-state index contributed by atoms with van der Waals surface area (Å²) < 4.78 is 20.5. The zero-order valence-electron chi connectivity index (χ0n) is 16.6. The highest BCUT2D eigenvalue weighted by Crippen LogP contribution is 2.40. The van der Waals surface area contributed by atoms with E-state index in [0.29, 0.717) is 29.7 Å². The molecule has 0 bridgehead atoms. The van der Waals surface area contributed by atoms with Gasteiger partial charge in [-0.2, -0.15) is 0 Å². The molecule has 6 nitrogen and oxygen atoms in total. The first-order chi connectivity index (χ1) is 14.5. The molecule has 0 saturated heterocycles. The van der Waals surface area contributed by atoms with Gasteiger partial charge in [-0.05, 0) is 54.5 Å². The van der Waals surface area contributed by atoms with E-state index in [0.717, 1.165) is 59.0 Å². The van der Waals surface area contributed by atoms with E-state index < -0.39 is 6.16 Å². The number of nitrogens with zero attached hydrogens (tertiary/aromatic N) is 2. The Bertz CT molecular complexity index is 1280. The number of rotatable bonds is 4. The van der Waals surface area contributed by atoms with E-state index in [1.807, 2.05) is 13.0 Å². The second-order valence-corrected chi connectivity index (χ2v) is 7.96. The third-order valence-corrected chi connectivity index (χ3v) is 6.13. The van der Waals surface area contributed by atoms with Crippen molar-refractivity contribution in [3.8, 4) is 11.4 Å². The molecule has 0 saturated carbocycles. The van der Waals surface area contributed by atoms with Crippen molar-refractivity contribution in [1.82, 2.24) is 9.55 Å². The highest BCUT2D eigenvalue weighted by molar-refractivity contribution is 5.91. The number of ether oxygens (including phenoxy) is 1. The zero-order chi connectivity index (χ0) is 21.0. The molecule has 1 aromatic carbocycles. The van der Waals surface area contributed by atoms with Crippen LogP contribution in [0.25, 0.3) is 22.3 Å². The molecule has 0 radical (unpaired) electrons. The fourth-order valence-electron chi connectivity index (χ4n) is 4.91. The third-order valence-electron chi connectivity index (χ3n) is 6.13. The Morgan fingerprint density at radius 2 is 2.10 bits per heavy atom. The van der Waals surface area contributed by atoms with Crippen molar-refractivity contribution < 1.29 is 19.0 Å². The van der Waals surface area contributed by atoms with Gasteiger partial charge < -0.3 is 14.4 Å². The van der Waals surface area contributed by atoms with Gasteiger partial charge in [0.2, 0.25) is 0 Å². The van der Waals surface area contributed by atoms with Crippen molar-refractivity contribution in [2.24, 2.45) is 0 Å². The first-order valence-electron chi connectivity index (χ1n) is 10.2. The van der Waals surface area contributed by atoms with Crippen LogP contribution in [0.15, 0.2) is 23.0 Å². The smallest absolute Gasteiger partial charge is 0.450 e. The van der Waals surface area contributed by atoms with Crippen LogP contribution >= 0.6 is 0 Å². The fraction of sp³-hybridized carbons (Fsp3) is 0.348. The van der Waals surface area contributed by atoms with Crippen LogP contribution in [0.5, 0.6) is 0 Å². The van der Waals surface area contributed by atoms with Gasteiger partial charge in [-0.15, -0.1) is 0 Å². The maximum atomic E-state index is 14.2. The summed E-state index contributed by atoms with van der Waals surface area (Å²) in [7, 11) is 0. The van der Waals surface area contributed by atoms with E-state index in [1.54, 1.807) is 10.6 Å². The summed E-state index contributed by atoms with van der Waals surface area (Å²) in [4.78, 5) is 28.9. The van der Waals surface area contributed by atoms with Crippen molar-refractivity contribution in [3.05, 3.63) is 62.2 Å². The summed E-state index contributed by atoms with van der Waals surface area (Å²) in [5, 5.41) is 9.90. The predicted molar refractivity (Wildman–Crippen MR) is 109 cm³/mol. The van der Waals surface area contributed by atoms with Gasteiger partial charge in [0, 0.05) is 17.0 Å². The minimum Gasteiger partial charge on any atom is -0.450 e. The van der Waals surface area contributed by atoms with E-state index in [2.05, 4.69) is 0 Å². The molecular weight excluding hydrogens is 387 g/mol. The number of aryl methyl sites for hydroxylation is 3. The summed E-state index contributed by atoms with van der Waals surface area (Å²) >= 11 is 0. The van der Waals surface area contributed by atoms with Gasteiger partial charge in [0.1, 0.15) is 12.4 Å². The molecule has 5 rings (SSSR count). The molecule has 3 aromatic rings. The summed E-state index contributed by atoms with van der Waals surface area (Å²) in [6, 6.07) is 4.98. The average molecular weight is 408 g/mol. The van der Waals surface area contributed by atoms with Crippen molar-refractivity contribution >= 4 is 17.1 Å². The molecular formula is C23H21FN2O4. The molecule has 0 fully saturated rings. The van der Waals surface area contributed by atoms with Crippen LogP contribution in [0.4, 0.5) is 9.18 Å². The van der Waals surface area contributed by atoms with E-state index in [1.165, 1.54) is 6.07 Å². The normalized spacial score (nSPS) is 13.9. The van der Waals surface area contributed by atoms with Gasteiger partial charge >= 0.3 is 6.16 Å². The molecule has 1 aliphatic heterocycles.